The number of aldehydes is 2. The first-order valence-electron chi connectivity index (χ1n) is 48.8. The number of imide groups is 2. The van der Waals surface area contributed by atoms with E-state index >= 15 is 0 Å². The Labute approximate surface area is 917 Å². The normalized spacial score (nSPS) is 15.6. The molecule has 0 aromatic carbocycles. The molecular formula is C95H174B3IN7NaO27S8. The molecule has 2 aliphatic heterocycles. The first kappa shape index (κ1) is 155. The number of rotatable bonds is 77. The molecule has 0 bridgehead atoms. The molecule has 816 valence electrons. The molecule has 142 heavy (non-hydrogen) atoms. The molecule has 4 amide bonds. The van der Waals surface area contributed by atoms with Crippen molar-refractivity contribution in [2.45, 2.75) is 330 Å². The molecule has 4 aliphatic rings. The summed E-state index contributed by atoms with van der Waals surface area (Å²) in [6.07, 6.45) is 35.5. The summed E-state index contributed by atoms with van der Waals surface area (Å²) in [5, 5.41) is 4.13. The number of nitrogens with zero attached hydrogens (tertiary/aromatic N) is 4. The molecule has 2 saturated carbocycles. The minimum Gasteiger partial charge on any atom is -0.380 e. The number of thioether (sulfide) groups is 8. The number of unbranched alkanes of at least 4 members (excludes halogenated alkanes) is 9. The van der Waals surface area contributed by atoms with Gasteiger partial charge in [-0.1, -0.05) is 145 Å². The fraction of sp³-hybridized carbons (Fsp3) is 0.832. The third kappa shape index (κ3) is 107. The van der Waals surface area contributed by atoms with E-state index in [4.69, 9.17) is 81.9 Å². The Bertz CT molecular complexity index is 3050. The molecule has 6 radical (unpaired) electrons. The van der Waals surface area contributed by atoms with Gasteiger partial charge in [0, 0.05) is 117 Å². The Kier molecular flexibility index (Phi) is 127. The van der Waals surface area contributed by atoms with E-state index in [0.717, 1.165) is 126 Å². The summed E-state index contributed by atoms with van der Waals surface area (Å²) in [5.74, 6) is 4.37. The van der Waals surface area contributed by atoms with Crippen molar-refractivity contribution in [2.75, 3.05) is 173 Å². The number of amides is 4. The zero-order valence-electron chi connectivity index (χ0n) is 86.9. The van der Waals surface area contributed by atoms with Crippen molar-refractivity contribution < 1.29 is 173 Å². The second-order valence-electron chi connectivity index (χ2n) is 31.3. The molecule has 6 N–H and O–H groups in total. The molecule has 2 saturated heterocycles. The van der Waals surface area contributed by atoms with E-state index in [0.29, 0.717) is 73.2 Å². The van der Waals surface area contributed by atoms with Crippen LogP contribution in [0.5, 0.6) is 0 Å². The number of ether oxygens (including phenoxy) is 7. The van der Waals surface area contributed by atoms with E-state index in [1.54, 1.807) is 7.05 Å². The monoisotopic (exact) mass is 2280 g/mol. The molecule has 2 aliphatic carbocycles. The average Bonchev–Trinajstić information content (AvgIpc) is 1.76. The summed E-state index contributed by atoms with van der Waals surface area (Å²) in [6, 6.07) is 0. The molecule has 2 heterocycles. The van der Waals surface area contributed by atoms with Crippen LogP contribution in [0.2, 0.25) is 19.0 Å². The van der Waals surface area contributed by atoms with Crippen LogP contribution in [0.25, 0.3) is 0 Å². The van der Waals surface area contributed by atoms with E-state index in [1.165, 1.54) is 166 Å². The fourth-order valence-electron chi connectivity index (χ4n) is 10.8. The summed E-state index contributed by atoms with van der Waals surface area (Å²) in [7, 11) is 20.7. The third-order valence-electron chi connectivity index (χ3n) is 18.4. The van der Waals surface area contributed by atoms with Gasteiger partial charge in [-0.05, 0) is 127 Å². The molecule has 47 heteroatoms. The standard InChI is InChI=1S/C20H36N2O4S2.C18H30O6S2.C18H32O4S2.C14H16N2O9.C8H18N2S2.3C5H11B.CH5N.CH4.IO4.Na/c1-5-6-11-27-19(13-21-3)20(14-22-4)28-12-7-8-18(24)16-26-10-9-25-15-17(2)23;1-3-4-9-25-17(11-19)18(12-20)26-10-5-6-16(22)14-24-8-7-23-13-15(2)21;1-3-4-11-23-17-7-8-18(17)24-12-5-6-16(20)14-22-10-9-21-13-15(2)19;17-9-1-2-10(18)15(9)24-13(21)5-7-23-8-6-14(22)25-16-11(19)3-4-12(16)20;9-3-5-11-7-1-2-8(7)12-6-4-10;3*1-2-3-4-5-6;1-2;;2-1(3,4)5;/h13-14,19-20H,5-12,15-16H2,1-4H3;11-12,17-18H,3-10,13-14H2,1-2H3;17-18H,3-14H2,1-2H3;1-8H2;7-8H,1-6,9-10H2;3*2-5H2,1H3;2H2,1H3;1H4;;/q;;;;;;;;;;-1;+1. The number of carbonyl (C=O) groups excluding carboxylic acids is 14. The van der Waals surface area contributed by atoms with Crippen LogP contribution in [0.15, 0.2) is 9.98 Å². The van der Waals surface area contributed by atoms with Crippen LogP contribution in [0.4, 0.5) is 0 Å². The first-order chi connectivity index (χ1) is 67.2. The van der Waals surface area contributed by atoms with Crippen LogP contribution in [0, 0.1) is 0 Å². The SMILES string of the molecule is C.CCCCSC(C=NC)C(C=NC)SCCCC(=O)COCCOCC(C)=O.CCCCSC(C=O)C(C=O)SCCCC(=O)COCCOCC(C)=O.CCCCSC1CCC1SCCCC(=O)COCCOCC(C)=O.CN.NCCSC1CCC1SCCN.O=C(CCOCCC(=O)ON1C(=O)CCC1=O)ON1C(=O)CCC1=O.[B]CCCCC.[B]CCCCC.[B]CCCCC.[Na+].[O-][I+3]([O-])([O-])[O-]. The topological polar surface area (TPSA) is 524 Å². The number of hydrogen-bond acceptors (Lipinski definition) is 40. The van der Waals surface area contributed by atoms with Crippen molar-refractivity contribution in [1.82, 2.24) is 10.1 Å². The largest absolute Gasteiger partial charge is 1.00 e. The van der Waals surface area contributed by atoms with E-state index in [2.05, 4.69) is 78.7 Å². The Morgan fingerprint density at radius 3 is 0.852 bits per heavy atom. The summed E-state index contributed by atoms with van der Waals surface area (Å²) >= 11 is 9.01. The summed E-state index contributed by atoms with van der Waals surface area (Å²) in [5.41, 5.74) is 15.4. The number of halogens is 1. The Morgan fingerprint density at radius 2 is 0.620 bits per heavy atom. The van der Waals surface area contributed by atoms with E-state index < -0.39 is 55.7 Å². The number of nitrogens with two attached hydrogens (primary N) is 3. The van der Waals surface area contributed by atoms with Gasteiger partial charge in [-0.2, -0.15) is 70.6 Å². The molecule has 0 spiro atoms. The van der Waals surface area contributed by atoms with Crippen LogP contribution in [0.3, 0.4) is 0 Å². The van der Waals surface area contributed by atoms with Crippen LogP contribution in [-0.2, 0) is 110 Å². The van der Waals surface area contributed by atoms with Crippen LogP contribution >= 0.6 is 94.1 Å². The van der Waals surface area contributed by atoms with Gasteiger partial charge in [0.05, 0.1) is 110 Å². The molecule has 8 unspecified atom stereocenters. The summed E-state index contributed by atoms with van der Waals surface area (Å²) in [6.45, 7) is 21.4. The van der Waals surface area contributed by atoms with E-state index in [-0.39, 0.29) is 192 Å². The van der Waals surface area contributed by atoms with Gasteiger partial charge in [0.2, 0.25) is 0 Å². The molecule has 8 atom stereocenters. The number of Topliss-reactive ketones (excluding diaryl/α,β-unsaturated/α-hetero) is 6. The minimum atomic E-state index is -5.94. The zero-order valence-corrected chi connectivity index (χ0v) is 97.5. The zero-order chi connectivity index (χ0) is 106. The van der Waals surface area contributed by atoms with Gasteiger partial charge in [-0.15, -0.1) is 33.7 Å². The number of hydrogen-bond donors (Lipinski definition) is 3. The summed E-state index contributed by atoms with van der Waals surface area (Å²) in [4.78, 5) is 175. The van der Waals surface area contributed by atoms with Gasteiger partial charge in [0.1, 0.15) is 72.3 Å². The summed E-state index contributed by atoms with van der Waals surface area (Å²) < 4.78 is 70.4. The predicted octanol–water partition coefficient (Wildman–Crippen LogP) is 4.13. The van der Waals surface area contributed by atoms with Gasteiger partial charge in [0.15, 0.2) is 34.7 Å². The van der Waals surface area contributed by atoms with Crippen LogP contribution < -0.4 is 80.6 Å². The quantitative estimate of drug-likeness (QED) is 0.0192. The number of aliphatic imine (C=N–C) groups is 2. The minimum absolute atomic E-state index is 0. The molecule has 34 nitrogen and oxygen atoms in total. The molecular weight excluding hydrogens is 2110 g/mol. The van der Waals surface area contributed by atoms with Crippen LogP contribution in [0.1, 0.15) is 269 Å². The van der Waals surface area contributed by atoms with Crippen molar-refractivity contribution in [3.63, 3.8) is 0 Å². The van der Waals surface area contributed by atoms with Crippen molar-refractivity contribution in [3.8, 4) is 0 Å². The first-order valence-corrected chi connectivity index (χ1v) is 60.7. The molecule has 0 aromatic rings. The third-order valence-corrected chi connectivity index (χ3v) is 30.4. The Balaban J connectivity index is -0.000000249. The molecule has 0 aromatic heterocycles. The predicted molar refractivity (Wildman–Crippen MR) is 573 cm³/mol. The number of ketones is 6. The number of carbonyl (C=O) groups is 14. The van der Waals surface area contributed by atoms with Gasteiger partial charge in [-0.25, -0.2) is 9.59 Å². The van der Waals surface area contributed by atoms with Gasteiger partial charge in [-0.3, -0.25) is 71.7 Å². The van der Waals surface area contributed by atoms with Gasteiger partial charge >= 0.3 is 41.5 Å². The molecule has 4 fully saturated rings. The maximum absolute atomic E-state index is 11.9. The van der Waals surface area contributed by atoms with Crippen molar-refractivity contribution in [3.05, 3.63) is 0 Å². The van der Waals surface area contributed by atoms with Crippen molar-refractivity contribution >= 4 is 213 Å². The van der Waals surface area contributed by atoms with Gasteiger partial charge in [0.25, 0.3) is 23.6 Å². The number of hydroxylamine groups is 4. The van der Waals surface area contributed by atoms with Crippen molar-refractivity contribution in [1.29, 1.82) is 0 Å². The molecule has 4 rings (SSSR count). The van der Waals surface area contributed by atoms with Gasteiger partial charge < -0.3 is 69.6 Å². The Hall–Kier alpha value is -1.92. The van der Waals surface area contributed by atoms with E-state index in [9.17, 15) is 67.1 Å². The van der Waals surface area contributed by atoms with Crippen LogP contribution in [-0.4, -0.2) is 344 Å². The Morgan fingerprint density at radius 1 is 0.380 bits per heavy atom. The smallest absolute Gasteiger partial charge is 0.380 e. The average molecular weight is 2290 g/mol. The second kappa shape index (κ2) is 116. The second-order valence-corrected chi connectivity index (χ2v) is 44.0. The maximum atomic E-state index is 11.9. The van der Waals surface area contributed by atoms with E-state index in [1.807, 2.05) is 78.3 Å². The van der Waals surface area contributed by atoms with Crippen molar-refractivity contribution in [2.24, 2.45) is 27.2 Å². The fourth-order valence-corrected chi connectivity index (χ4v) is 21.8. The maximum Gasteiger partial charge on any atom is 1.00 e.